The Morgan fingerprint density at radius 2 is 2.10 bits per heavy atom. The molecule has 1 N–H and O–H groups in total. The molecule has 1 saturated heterocycles. The zero-order valence-corrected chi connectivity index (χ0v) is 17.8. The predicted octanol–water partition coefficient (Wildman–Crippen LogP) is 3.35. The molecule has 0 saturated carbocycles. The van der Waals surface area contributed by atoms with Crippen molar-refractivity contribution in [3.8, 4) is 11.5 Å². The van der Waals surface area contributed by atoms with Gasteiger partial charge in [0.15, 0.2) is 11.5 Å². The van der Waals surface area contributed by atoms with Gasteiger partial charge in [-0.15, -0.1) is 0 Å². The Kier molecular flexibility index (Phi) is 4.27. The predicted molar refractivity (Wildman–Crippen MR) is 111 cm³/mol. The van der Waals surface area contributed by atoms with Crippen LogP contribution in [0.3, 0.4) is 0 Å². The van der Waals surface area contributed by atoms with E-state index in [1.165, 1.54) is 16.7 Å². The van der Waals surface area contributed by atoms with Crippen molar-refractivity contribution >= 4 is 0 Å². The molecule has 1 spiro atoms. The maximum absolute atomic E-state index is 11.7. The lowest BCUT2D eigenvalue weighted by Gasteiger charge is -2.58. The lowest BCUT2D eigenvalue weighted by atomic mass is 9.51. The topological polar surface area (TPSA) is 51.2 Å². The van der Waals surface area contributed by atoms with Crippen molar-refractivity contribution in [3.63, 3.8) is 0 Å². The molecule has 2 bridgehead atoms. The van der Waals surface area contributed by atoms with Gasteiger partial charge in [0.05, 0.1) is 19.6 Å². The van der Waals surface area contributed by atoms with Crippen LogP contribution in [0.25, 0.3) is 0 Å². The van der Waals surface area contributed by atoms with E-state index in [4.69, 9.17) is 14.2 Å². The lowest BCUT2D eigenvalue weighted by Crippen LogP contribution is -2.68. The smallest absolute Gasteiger partial charge is 0.204 e. The molecule has 156 valence electrons. The zero-order valence-electron chi connectivity index (χ0n) is 17.8. The number of likely N-dealkylation sites (tertiary alicyclic amines) is 1. The first-order chi connectivity index (χ1) is 14.0. The first-order valence-corrected chi connectivity index (χ1v) is 10.8. The summed E-state index contributed by atoms with van der Waals surface area (Å²) < 4.78 is 18.5. The molecule has 4 atom stereocenters. The fourth-order valence-corrected chi connectivity index (χ4v) is 6.39. The van der Waals surface area contributed by atoms with Gasteiger partial charge in [-0.05, 0) is 56.1 Å². The second-order valence-corrected chi connectivity index (χ2v) is 8.84. The molecule has 4 unspecified atom stereocenters. The molecule has 4 aliphatic rings. The lowest BCUT2D eigenvalue weighted by molar-refractivity contribution is -0.0990. The number of piperidine rings is 1. The summed E-state index contributed by atoms with van der Waals surface area (Å²) in [6.07, 6.45) is 8.09. The summed E-state index contributed by atoms with van der Waals surface area (Å²) in [6.45, 7) is 3.11. The quantitative estimate of drug-likeness (QED) is 0.798. The number of hydrogen-bond acceptors (Lipinski definition) is 5. The Morgan fingerprint density at radius 3 is 2.83 bits per heavy atom. The molecule has 0 radical (unpaired) electrons. The number of unbranched alkanes of at least 4 members (excludes halogenated alkanes) is 1. The molecular weight excluding hydrogens is 366 g/mol. The Labute approximate surface area is 172 Å². The minimum absolute atomic E-state index is 0.312. The van der Waals surface area contributed by atoms with Gasteiger partial charge in [0, 0.05) is 11.6 Å². The van der Waals surface area contributed by atoms with Crippen LogP contribution in [0.5, 0.6) is 11.5 Å². The van der Waals surface area contributed by atoms with Crippen LogP contribution in [0.4, 0.5) is 0 Å². The van der Waals surface area contributed by atoms with Crippen LogP contribution in [-0.4, -0.2) is 55.6 Å². The number of rotatable bonds is 6. The number of hydrogen-bond donors (Lipinski definition) is 1. The monoisotopic (exact) mass is 397 g/mol. The summed E-state index contributed by atoms with van der Waals surface area (Å²) in [5.74, 6) is 2.25. The molecule has 1 fully saturated rings. The van der Waals surface area contributed by atoms with Crippen molar-refractivity contribution in [2.24, 2.45) is 0 Å². The Morgan fingerprint density at radius 1 is 1.28 bits per heavy atom. The fraction of sp³-hybridized carbons (Fsp3) is 0.583. The number of likely N-dealkylation sites (N-methyl/N-ethyl adjacent to an activating group) is 1. The van der Waals surface area contributed by atoms with Gasteiger partial charge in [0.25, 0.3) is 0 Å². The number of methoxy groups -OCH3 is 2. The third-order valence-electron chi connectivity index (χ3n) is 7.69. The molecule has 2 aliphatic carbocycles. The van der Waals surface area contributed by atoms with Crippen LogP contribution in [0.2, 0.25) is 0 Å². The van der Waals surface area contributed by atoms with E-state index in [1.807, 2.05) is 12.1 Å². The van der Waals surface area contributed by atoms with E-state index in [-0.39, 0.29) is 0 Å². The minimum atomic E-state index is -0.938. The van der Waals surface area contributed by atoms with Crippen molar-refractivity contribution in [2.75, 3.05) is 27.8 Å². The second kappa shape index (κ2) is 6.51. The third kappa shape index (κ3) is 2.13. The van der Waals surface area contributed by atoms with Crippen LogP contribution in [-0.2, 0) is 16.6 Å². The average molecular weight is 398 g/mol. The van der Waals surface area contributed by atoms with E-state index in [0.717, 1.165) is 49.5 Å². The van der Waals surface area contributed by atoms with E-state index < -0.39 is 17.1 Å². The number of aliphatic hydroxyl groups is 1. The highest BCUT2D eigenvalue weighted by Gasteiger charge is 2.72. The fourth-order valence-electron chi connectivity index (χ4n) is 6.39. The standard InChI is InChI=1S/C24H31NO4/c1-5-6-7-19(26)24-20(28-4)11-9-16-17-14-15-8-10-18(27-3)22(29-24)21(15)23(16,24)12-13-25(17)2/h8-11,17,19,26H,5-7,12-14H2,1-4H3. The van der Waals surface area contributed by atoms with Crippen LogP contribution < -0.4 is 9.47 Å². The molecule has 5 heteroatoms. The first-order valence-electron chi connectivity index (χ1n) is 10.8. The Balaban J connectivity index is 1.82. The van der Waals surface area contributed by atoms with E-state index in [9.17, 15) is 5.11 Å². The van der Waals surface area contributed by atoms with Gasteiger partial charge in [-0.25, -0.2) is 0 Å². The van der Waals surface area contributed by atoms with Crippen molar-refractivity contribution in [3.05, 3.63) is 46.7 Å². The Bertz CT molecular complexity index is 906. The number of nitrogens with zero attached hydrogens (tertiary/aromatic N) is 1. The molecule has 5 rings (SSSR count). The van der Waals surface area contributed by atoms with Crippen molar-refractivity contribution in [1.82, 2.24) is 4.90 Å². The van der Waals surface area contributed by atoms with E-state index in [2.05, 4.69) is 31.0 Å². The largest absolute Gasteiger partial charge is 0.497 e. The van der Waals surface area contributed by atoms with Gasteiger partial charge in [-0.1, -0.05) is 31.9 Å². The molecule has 29 heavy (non-hydrogen) atoms. The van der Waals surface area contributed by atoms with Crippen molar-refractivity contribution in [2.45, 2.75) is 62.2 Å². The molecule has 1 aromatic carbocycles. The number of benzene rings is 1. The van der Waals surface area contributed by atoms with Gasteiger partial charge in [-0.2, -0.15) is 0 Å². The van der Waals surface area contributed by atoms with E-state index in [1.54, 1.807) is 14.2 Å². The summed E-state index contributed by atoms with van der Waals surface area (Å²) in [5.41, 5.74) is 2.52. The van der Waals surface area contributed by atoms with Crippen LogP contribution in [0.1, 0.15) is 43.7 Å². The Hall–Kier alpha value is -1.98. The highest BCUT2D eigenvalue weighted by atomic mass is 16.6. The summed E-state index contributed by atoms with van der Waals surface area (Å²) in [4.78, 5) is 2.44. The average Bonchev–Trinajstić information content (AvgIpc) is 3.06. The van der Waals surface area contributed by atoms with Crippen LogP contribution in [0.15, 0.2) is 35.6 Å². The molecular formula is C24H31NO4. The molecule has 0 aromatic heterocycles. The van der Waals surface area contributed by atoms with Crippen molar-refractivity contribution in [1.29, 1.82) is 0 Å². The number of aliphatic hydroxyl groups excluding tert-OH is 1. The summed E-state index contributed by atoms with van der Waals surface area (Å²) in [5, 5.41) is 11.7. The molecule has 2 aliphatic heterocycles. The zero-order chi connectivity index (χ0) is 20.4. The highest BCUT2D eigenvalue weighted by molar-refractivity contribution is 5.70. The SMILES string of the molecule is CCCCC(O)C12Oc3c(OC)ccc4c3C13CCN(C)C(C4)C3=CC=C2OC. The van der Waals surface area contributed by atoms with Gasteiger partial charge in [0.1, 0.15) is 11.9 Å². The van der Waals surface area contributed by atoms with E-state index >= 15 is 0 Å². The number of allylic oxidation sites excluding steroid dienone is 2. The summed E-state index contributed by atoms with van der Waals surface area (Å²) in [7, 11) is 5.58. The third-order valence-corrected chi connectivity index (χ3v) is 7.69. The maximum atomic E-state index is 11.7. The van der Waals surface area contributed by atoms with Gasteiger partial charge < -0.3 is 19.3 Å². The summed E-state index contributed by atoms with van der Waals surface area (Å²) >= 11 is 0. The molecule has 2 heterocycles. The van der Waals surface area contributed by atoms with Gasteiger partial charge in [-0.3, -0.25) is 4.90 Å². The highest BCUT2D eigenvalue weighted by Crippen LogP contribution is 2.67. The number of ether oxygens (including phenoxy) is 3. The van der Waals surface area contributed by atoms with Crippen LogP contribution >= 0.6 is 0 Å². The van der Waals surface area contributed by atoms with E-state index in [0.29, 0.717) is 12.5 Å². The van der Waals surface area contributed by atoms with Gasteiger partial charge in [0.2, 0.25) is 5.60 Å². The summed E-state index contributed by atoms with van der Waals surface area (Å²) in [6, 6.07) is 4.51. The second-order valence-electron chi connectivity index (χ2n) is 8.84. The molecule has 1 aromatic rings. The molecule has 5 nitrogen and oxygen atoms in total. The minimum Gasteiger partial charge on any atom is -0.497 e. The van der Waals surface area contributed by atoms with Gasteiger partial charge >= 0.3 is 0 Å². The maximum Gasteiger partial charge on any atom is 0.204 e. The molecule has 0 amide bonds. The van der Waals surface area contributed by atoms with Crippen LogP contribution in [0, 0.1) is 0 Å². The van der Waals surface area contributed by atoms with Crippen molar-refractivity contribution < 1.29 is 19.3 Å². The first kappa shape index (κ1) is 19.0. The normalized spacial score (nSPS) is 32.7.